The van der Waals surface area contributed by atoms with Gasteiger partial charge in [-0.05, 0) is 43.9 Å². The van der Waals surface area contributed by atoms with Gasteiger partial charge in [0.25, 0.3) is 0 Å². The van der Waals surface area contributed by atoms with Gasteiger partial charge in [0, 0.05) is 24.7 Å². The number of hydrogen-bond acceptors (Lipinski definition) is 2. The summed E-state index contributed by atoms with van der Waals surface area (Å²) in [5, 5.41) is 0. The highest BCUT2D eigenvalue weighted by atomic mass is 15.3. The summed E-state index contributed by atoms with van der Waals surface area (Å²) in [4.78, 5) is 2.79. The zero-order chi connectivity index (χ0) is 13.4. The van der Waals surface area contributed by atoms with Gasteiger partial charge in [0.15, 0.2) is 0 Å². The molecule has 3 unspecified atom stereocenters. The highest BCUT2D eigenvalue weighted by Crippen LogP contribution is 2.49. The fraction of sp³-hybridized carbons (Fsp3) is 1.00. The fourth-order valence-corrected chi connectivity index (χ4v) is 4.47. The smallest absolute Gasteiger partial charge is 0.0385 e. The average Bonchev–Trinajstić information content (AvgIpc) is 2.33. The average molecular weight is 252 g/mol. The molecule has 1 aliphatic carbocycles. The van der Waals surface area contributed by atoms with Gasteiger partial charge in [-0.3, -0.25) is 4.90 Å². The molecule has 0 spiro atoms. The van der Waals surface area contributed by atoms with Gasteiger partial charge in [0.1, 0.15) is 0 Å². The molecule has 18 heavy (non-hydrogen) atoms. The van der Waals surface area contributed by atoms with Crippen LogP contribution in [-0.2, 0) is 0 Å². The van der Waals surface area contributed by atoms with Crippen LogP contribution in [-0.4, -0.2) is 29.6 Å². The summed E-state index contributed by atoms with van der Waals surface area (Å²) >= 11 is 0. The van der Waals surface area contributed by atoms with Crippen molar-refractivity contribution in [3.63, 3.8) is 0 Å². The van der Waals surface area contributed by atoms with Crippen LogP contribution in [0.4, 0.5) is 0 Å². The maximum atomic E-state index is 6.31. The Morgan fingerprint density at radius 3 is 2.39 bits per heavy atom. The molecule has 0 aromatic rings. The molecule has 1 heterocycles. The highest BCUT2D eigenvalue weighted by Gasteiger charge is 2.51. The van der Waals surface area contributed by atoms with Crippen LogP contribution in [0, 0.1) is 11.3 Å². The molecular formula is C16H32N2. The van der Waals surface area contributed by atoms with Crippen molar-refractivity contribution >= 4 is 0 Å². The van der Waals surface area contributed by atoms with Crippen LogP contribution in [0.5, 0.6) is 0 Å². The third kappa shape index (κ3) is 2.22. The highest BCUT2D eigenvalue weighted by molar-refractivity contribution is 5.07. The van der Waals surface area contributed by atoms with Crippen molar-refractivity contribution in [2.75, 3.05) is 13.1 Å². The van der Waals surface area contributed by atoms with Gasteiger partial charge in [-0.2, -0.15) is 0 Å². The van der Waals surface area contributed by atoms with E-state index in [1.165, 1.54) is 45.1 Å². The first-order chi connectivity index (χ1) is 8.43. The van der Waals surface area contributed by atoms with Gasteiger partial charge in [-0.25, -0.2) is 0 Å². The van der Waals surface area contributed by atoms with E-state index in [0.717, 1.165) is 12.5 Å². The van der Waals surface area contributed by atoms with Crippen LogP contribution in [0.25, 0.3) is 0 Å². The minimum atomic E-state index is 0.249. The number of likely N-dealkylation sites (tertiary alicyclic amines) is 1. The Labute approximate surface area is 113 Å². The molecule has 0 radical (unpaired) electrons. The van der Waals surface area contributed by atoms with E-state index in [0.29, 0.717) is 11.5 Å². The van der Waals surface area contributed by atoms with Gasteiger partial charge in [-0.15, -0.1) is 0 Å². The van der Waals surface area contributed by atoms with E-state index >= 15 is 0 Å². The molecule has 2 heteroatoms. The Morgan fingerprint density at radius 2 is 1.78 bits per heavy atom. The molecule has 2 rings (SSSR count). The number of nitrogens with zero attached hydrogens (tertiary/aromatic N) is 1. The first-order valence-electron chi connectivity index (χ1n) is 7.90. The molecule has 1 saturated heterocycles. The summed E-state index contributed by atoms with van der Waals surface area (Å²) in [5.74, 6) is 0.836. The second-order valence-electron chi connectivity index (χ2n) is 7.51. The summed E-state index contributed by atoms with van der Waals surface area (Å²) in [6.45, 7) is 11.8. The summed E-state index contributed by atoms with van der Waals surface area (Å²) in [5.41, 5.74) is 6.93. The standard InChI is InChI=1S/C16H32N2/c1-13-7-8-14(2)18(11-13)16(12-17)10-6-5-9-15(16,3)4/h13-14H,5-12,17H2,1-4H3. The zero-order valence-electron chi connectivity index (χ0n) is 12.8. The lowest BCUT2D eigenvalue weighted by atomic mass is 9.61. The first kappa shape index (κ1) is 14.3. The lowest BCUT2D eigenvalue weighted by molar-refractivity contribution is -0.0853. The number of nitrogens with two attached hydrogens (primary N) is 1. The Hall–Kier alpha value is -0.0800. The molecule has 2 aliphatic rings. The topological polar surface area (TPSA) is 29.3 Å². The Balaban J connectivity index is 2.29. The minimum Gasteiger partial charge on any atom is -0.329 e. The number of rotatable bonds is 2. The number of piperidine rings is 1. The molecule has 0 aromatic carbocycles. The van der Waals surface area contributed by atoms with Crippen LogP contribution in [0.15, 0.2) is 0 Å². The monoisotopic (exact) mass is 252 g/mol. The van der Waals surface area contributed by atoms with Crippen LogP contribution in [0.1, 0.15) is 66.2 Å². The SMILES string of the molecule is CC1CCC(C)N(C2(CN)CCCCC2(C)C)C1. The van der Waals surface area contributed by atoms with Crippen LogP contribution in [0.2, 0.25) is 0 Å². The largest absolute Gasteiger partial charge is 0.329 e. The molecule has 0 bridgehead atoms. The van der Waals surface area contributed by atoms with Crippen molar-refractivity contribution in [2.24, 2.45) is 17.1 Å². The Bertz CT molecular complexity index is 287. The molecule has 2 fully saturated rings. The molecule has 2 N–H and O–H groups in total. The van der Waals surface area contributed by atoms with Gasteiger partial charge in [0.2, 0.25) is 0 Å². The summed E-state index contributed by atoms with van der Waals surface area (Å²) in [7, 11) is 0. The maximum Gasteiger partial charge on any atom is 0.0385 e. The maximum absolute atomic E-state index is 6.31. The molecule has 1 saturated carbocycles. The van der Waals surface area contributed by atoms with E-state index in [2.05, 4.69) is 32.6 Å². The van der Waals surface area contributed by atoms with E-state index < -0.39 is 0 Å². The molecule has 2 nitrogen and oxygen atoms in total. The quantitative estimate of drug-likeness (QED) is 0.816. The lowest BCUT2D eigenvalue weighted by Crippen LogP contribution is -2.67. The summed E-state index contributed by atoms with van der Waals surface area (Å²) in [6, 6.07) is 0.710. The molecule has 0 aromatic heterocycles. The Kier molecular flexibility index (Phi) is 4.08. The third-order valence-electron chi connectivity index (χ3n) is 5.91. The van der Waals surface area contributed by atoms with Crippen LogP contribution < -0.4 is 5.73 Å². The first-order valence-corrected chi connectivity index (χ1v) is 7.90. The van der Waals surface area contributed by atoms with Crippen molar-refractivity contribution in [3.05, 3.63) is 0 Å². The predicted molar refractivity (Wildman–Crippen MR) is 78.6 cm³/mol. The third-order valence-corrected chi connectivity index (χ3v) is 5.91. The lowest BCUT2D eigenvalue weighted by Gasteiger charge is -2.59. The van der Waals surface area contributed by atoms with E-state index in [-0.39, 0.29) is 5.54 Å². The van der Waals surface area contributed by atoms with Crippen LogP contribution in [0.3, 0.4) is 0 Å². The van der Waals surface area contributed by atoms with Gasteiger partial charge in [0.05, 0.1) is 0 Å². The Morgan fingerprint density at radius 1 is 1.11 bits per heavy atom. The van der Waals surface area contributed by atoms with E-state index in [1.807, 2.05) is 0 Å². The van der Waals surface area contributed by atoms with Gasteiger partial charge in [-0.1, -0.05) is 33.6 Å². The van der Waals surface area contributed by atoms with E-state index in [1.54, 1.807) is 0 Å². The molecule has 3 atom stereocenters. The van der Waals surface area contributed by atoms with Crippen molar-refractivity contribution in [1.29, 1.82) is 0 Å². The molecular weight excluding hydrogens is 220 g/mol. The van der Waals surface area contributed by atoms with Crippen LogP contribution >= 0.6 is 0 Å². The van der Waals surface area contributed by atoms with Crippen molar-refractivity contribution in [3.8, 4) is 0 Å². The molecule has 0 amide bonds. The van der Waals surface area contributed by atoms with Gasteiger partial charge >= 0.3 is 0 Å². The molecule has 1 aliphatic heterocycles. The second kappa shape index (κ2) is 5.13. The second-order valence-corrected chi connectivity index (χ2v) is 7.51. The molecule has 106 valence electrons. The summed E-state index contributed by atoms with van der Waals surface area (Å²) < 4.78 is 0. The zero-order valence-corrected chi connectivity index (χ0v) is 12.8. The van der Waals surface area contributed by atoms with E-state index in [9.17, 15) is 0 Å². The summed E-state index contributed by atoms with van der Waals surface area (Å²) in [6.07, 6.45) is 8.11. The van der Waals surface area contributed by atoms with Gasteiger partial charge < -0.3 is 5.73 Å². The fourth-order valence-electron chi connectivity index (χ4n) is 4.47. The normalized spacial score (nSPS) is 41.8. The predicted octanol–water partition coefficient (Wildman–Crippen LogP) is 3.40. The van der Waals surface area contributed by atoms with Crippen molar-refractivity contribution in [1.82, 2.24) is 4.90 Å². The van der Waals surface area contributed by atoms with Crippen molar-refractivity contribution in [2.45, 2.75) is 77.8 Å². The minimum absolute atomic E-state index is 0.249. The van der Waals surface area contributed by atoms with E-state index in [4.69, 9.17) is 5.73 Å². The number of hydrogen-bond donors (Lipinski definition) is 1. The van der Waals surface area contributed by atoms with Crippen molar-refractivity contribution < 1.29 is 0 Å².